The first-order chi connectivity index (χ1) is 17.9. The molecule has 0 aliphatic carbocycles. The van der Waals surface area contributed by atoms with Gasteiger partial charge in [0.25, 0.3) is 0 Å². The average molecular weight is 493 g/mol. The first-order valence-corrected chi connectivity index (χ1v) is 12.3. The van der Waals surface area contributed by atoms with E-state index >= 15 is 0 Å². The van der Waals surface area contributed by atoms with E-state index in [1.165, 1.54) is 0 Å². The van der Waals surface area contributed by atoms with Gasteiger partial charge in [0.2, 0.25) is 0 Å². The maximum atomic E-state index is 11.7. The molecule has 3 aromatic carbocycles. The van der Waals surface area contributed by atoms with Gasteiger partial charge < -0.3 is 20.1 Å². The molecule has 0 radical (unpaired) electrons. The summed E-state index contributed by atoms with van der Waals surface area (Å²) in [5.41, 5.74) is 6.71. The quantitative estimate of drug-likeness (QED) is 0.351. The molecule has 0 bridgehead atoms. The van der Waals surface area contributed by atoms with Gasteiger partial charge in [-0.25, -0.2) is 9.78 Å². The molecule has 37 heavy (non-hydrogen) atoms. The molecule has 2 N–H and O–H groups in total. The third-order valence-corrected chi connectivity index (χ3v) is 6.77. The highest BCUT2D eigenvalue weighted by Gasteiger charge is 2.18. The number of nitrogens with zero attached hydrogens (tertiary/aromatic N) is 3. The number of aryl methyl sites for hydroxylation is 1. The Balaban J connectivity index is 1.55. The van der Waals surface area contributed by atoms with Crippen LogP contribution in [0, 0.1) is 18.3 Å². The number of benzene rings is 3. The Hall–Kier alpha value is -4.41. The predicted molar refractivity (Wildman–Crippen MR) is 145 cm³/mol. The lowest BCUT2D eigenvalue weighted by Crippen LogP contribution is -2.36. The lowest BCUT2D eigenvalue weighted by Gasteiger charge is -2.29. The molecule has 0 saturated carbocycles. The van der Waals surface area contributed by atoms with E-state index in [1.807, 2.05) is 44.2 Å². The Bertz CT molecular complexity index is 1500. The number of rotatable bonds is 6. The average Bonchev–Trinajstić information content (AvgIpc) is 2.92. The lowest BCUT2D eigenvalue weighted by molar-refractivity contribution is 0.0698. The van der Waals surface area contributed by atoms with E-state index < -0.39 is 5.97 Å². The number of fused-ring (bicyclic) bond motifs is 1. The Kier molecular flexibility index (Phi) is 6.76. The lowest BCUT2D eigenvalue weighted by atomic mass is 9.95. The summed E-state index contributed by atoms with van der Waals surface area (Å²) in [5, 5.41) is 23.8. The number of pyridine rings is 1. The van der Waals surface area contributed by atoms with Crippen molar-refractivity contribution < 1.29 is 14.6 Å². The van der Waals surface area contributed by atoms with Crippen molar-refractivity contribution in [3.8, 4) is 17.2 Å². The van der Waals surface area contributed by atoms with E-state index in [9.17, 15) is 15.2 Å². The van der Waals surface area contributed by atoms with E-state index in [0.29, 0.717) is 11.4 Å². The second-order valence-corrected chi connectivity index (χ2v) is 9.28. The predicted octanol–water partition coefficient (Wildman–Crippen LogP) is 5.79. The van der Waals surface area contributed by atoms with Gasteiger partial charge >= 0.3 is 5.97 Å². The van der Waals surface area contributed by atoms with Crippen LogP contribution in [-0.2, 0) is 4.74 Å². The van der Waals surface area contributed by atoms with E-state index in [0.717, 1.165) is 65.1 Å². The van der Waals surface area contributed by atoms with E-state index in [4.69, 9.17) is 9.72 Å². The summed E-state index contributed by atoms with van der Waals surface area (Å²) < 4.78 is 5.46. The number of aromatic carboxylic acids is 1. The molecule has 1 unspecified atom stereocenters. The number of morpholine rings is 1. The second kappa shape index (κ2) is 10.3. The number of carboxylic acids is 1. The number of carboxylic acid groups (broad SMARTS) is 1. The molecular formula is C30H28N4O3. The third kappa shape index (κ3) is 4.97. The van der Waals surface area contributed by atoms with Gasteiger partial charge in [-0.05, 0) is 66.9 Å². The summed E-state index contributed by atoms with van der Waals surface area (Å²) >= 11 is 0. The fraction of sp³-hybridized carbons (Fsp3) is 0.233. The summed E-state index contributed by atoms with van der Waals surface area (Å²) in [4.78, 5) is 18.7. The fourth-order valence-corrected chi connectivity index (χ4v) is 4.89. The van der Waals surface area contributed by atoms with Crippen LogP contribution in [0.5, 0.6) is 0 Å². The molecule has 1 fully saturated rings. The van der Waals surface area contributed by atoms with Gasteiger partial charge in [-0.3, -0.25) is 0 Å². The molecule has 7 nitrogen and oxygen atoms in total. The molecule has 7 heteroatoms. The van der Waals surface area contributed by atoms with Crippen molar-refractivity contribution in [2.45, 2.75) is 19.9 Å². The van der Waals surface area contributed by atoms with Crippen molar-refractivity contribution in [3.05, 3.63) is 89.1 Å². The molecule has 1 atom stereocenters. The number of carbonyl (C=O) groups is 1. The Labute approximate surface area is 215 Å². The summed E-state index contributed by atoms with van der Waals surface area (Å²) in [6.45, 7) is 7.16. The van der Waals surface area contributed by atoms with Crippen molar-refractivity contribution in [1.82, 2.24) is 4.98 Å². The van der Waals surface area contributed by atoms with Crippen LogP contribution in [-0.4, -0.2) is 42.4 Å². The van der Waals surface area contributed by atoms with Gasteiger partial charge in [0, 0.05) is 41.5 Å². The largest absolute Gasteiger partial charge is 0.478 e. The minimum Gasteiger partial charge on any atom is -0.478 e. The zero-order chi connectivity index (χ0) is 25.9. The van der Waals surface area contributed by atoms with E-state index in [-0.39, 0.29) is 11.6 Å². The highest BCUT2D eigenvalue weighted by Crippen LogP contribution is 2.34. The zero-order valence-corrected chi connectivity index (χ0v) is 20.9. The minimum atomic E-state index is -0.979. The first kappa shape index (κ1) is 24.3. The molecule has 0 spiro atoms. The van der Waals surface area contributed by atoms with Crippen LogP contribution in [0.15, 0.2) is 66.7 Å². The molecule has 1 aliphatic rings. The van der Waals surface area contributed by atoms with Gasteiger partial charge in [-0.1, -0.05) is 30.3 Å². The van der Waals surface area contributed by atoms with Gasteiger partial charge in [0.1, 0.15) is 11.8 Å². The van der Waals surface area contributed by atoms with E-state index in [2.05, 4.69) is 34.5 Å². The summed E-state index contributed by atoms with van der Waals surface area (Å²) in [6, 6.07) is 23.3. The number of ether oxygens (including phenoxy) is 1. The van der Waals surface area contributed by atoms with Crippen LogP contribution in [0.3, 0.4) is 0 Å². The van der Waals surface area contributed by atoms with Gasteiger partial charge in [-0.2, -0.15) is 5.26 Å². The molecule has 186 valence electrons. The minimum absolute atomic E-state index is 0.200. The van der Waals surface area contributed by atoms with Gasteiger partial charge in [0.05, 0.1) is 24.3 Å². The molecule has 4 aromatic rings. The van der Waals surface area contributed by atoms with E-state index in [1.54, 1.807) is 18.2 Å². The van der Waals surface area contributed by atoms with Crippen molar-refractivity contribution in [3.63, 3.8) is 0 Å². The molecular weight excluding hydrogens is 464 g/mol. The van der Waals surface area contributed by atoms with Crippen molar-refractivity contribution >= 4 is 28.2 Å². The second-order valence-electron chi connectivity index (χ2n) is 9.28. The van der Waals surface area contributed by atoms with Crippen LogP contribution in [0.4, 0.5) is 11.4 Å². The normalized spacial score (nSPS) is 14.2. The number of hydrogen-bond acceptors (Lipinski definition) is 6. The smallest absolute Gasteiger partial charge is 0.337 e. The Morgan fingerprint density at radius 2 is 1.84 bits per heavy atom. The Morgan fingerprint density at radius 1 is 1.11 bits per heavy atom. The fourth-order valence-electron chi connectivity index (χ4n) is 4.89. The monoisotopic (exact) mass is 492 g/mol. The van der Waals surface area contributed by atoms with Crippen LogP contribution in [0.25, 0.3) is 22.0 Å². The maximum absolute atomic E-state index is 11.7. The number of nitriles is 1. The molecule has 1 aromatic heterocycles. The molecule has 1 aliphatic heterocycles. The summed E-state index contributed by atoms with van der Waals surface area (Å²) in [5.74, 6) is -0.979. The first-order valence-electron chi connectivity index (χ1n) is 12.3. The summed E-state index contributed by atoms with van der Waals surface area (Å²) in [6.07, 6.45) is 0. The highest BCUT2D eigenvalue weighted by molar-refractivity contribution is 5.94. The third-order valence-electron chi connectivity index (χ3n) is 6.77. The van der Waals surface area contributed by atoms with Gasteiger partial charge in [0.15, 0.2) is 0 Å². The molecule has 5 rings (SSSR count). The van der Waals surface area contributed by atoms with Crippen molar-refractivity contribution in [2.24, 2.45) is 0 Å². The number of nitrogens with one attached hydrogen (secondary N) is 1. The van der Waals surface area contributed by atoms with Crippen LogP contribution in [0.1, 0.15) is 40.1 Å². The SMILES string of the molecule is Cc1cc(C(C)Nc2ccccc2C(=O)O)c2cc(-c3ccc(N4CCOCC4)cc3)c(C#N)nc2c1. The standard InChI is InChI=1S/C30H28N4O3/c1-19-15-24(20(2)32-27-6-4-3-5-23(27)30(35)36)26-17-25(29(18-31)33-28(26)16-19)21-7-9-22(10-8-21)34-11-13-37-14-12-34/h3-10,15-17,20,32H,11-14H2,1-2H3,(H,35,36). The molecule has 0 amide bonds. The maximum Gasteiger partial charge on any atom is 0.337 e. The topological polar surface area (TPSA) is 98.5 Å². The van der Waals surface area contributed by atoms with Crippen LogP contribution >= 0.6 is 0 Å². The van der Waals surface area contributed by atoms with Gasteiger partial charge in [-0.15, -0.1) is 0 Å². The van der Waals surface area contributed by atoms with Crippen LogP contribution in [0.2, 0.25) is 0 Å². The number of hydrogen-bond donors (Lipinski definition) is 2. The van der Waals surface area contributed by atoms with Crippen molar-refractivity contribution in [1.29, 1.82) is 5.26 Å². The Morgan fingerprint density at radius 3 is 2.54 bits per heavy atom. The molecule has 1 saturated heterocycles. The number of para-hydroxylation sites is 1. The highest BCUT2D eigenvalue weighted by atomic mass is 16.5. The van der Waals surface area contributed by atoms with Crippen LogP contribution < -0.4 is 10.2 Å². The summed E-state index contributed by atoms with van der Waals surface area (Å²) in [7, 11) is 0. The zero-order valence-electron chi connectivity index (χ0n) is 20.9. The molecule has 2 heterocycles. The number of aromatic nitrogens is 1. The van der Waals surface area contributed by atoms with Crippen molar-refractivity contribution in [2.75, 3.05) is 36.5 Å². The number of anilines is 2.